The van der Waals surface area contributed by atoms with Crippen molar-refractivity contribution in [2.75, 3.05) is 26.4 Å². The van der Waals surface area contributed by atoms with Gasteiger partial charge in [-0.15, -0.1) is 0 Å². The minimum absolute atomic E-state index is 0.0759. The number of carboxylic acid groups (broad SMARTS) is 1. The van der Waals surface area contributed by atoms with Crippen LogP contribution in [0, 0.1) is 5.92 Å². The van der Waals surface area contributed by atoms with E-state index in [1.54, 1.807) is 0 Å². The molecule has 0 bridgehead atoms. The van der Waals surface area contributed by atoms with Gasteiger partial charge < -0.3 is 99.2 Å². The largest absolute Gasteiger partial charge is 0.481 e. The summed E-state index contributed by atoms with van der Waals surface area (Å²) in [5, 5.41) is 125. The Morgan fingerprint density at radius 2 is 1.62 bits per heavy atom. The summed E-state index contributed by atoms with van der Waals surface area (Å²) in [6.45, 7) is -2.26. The van der Waals surface area contributed by atoms with Gasteiger partial charge in [-0.2, -0.15) is 0 Å². The third-order valence-corrected chi connectivity index (χ3v) is 9.07. The van der Waals surface area contributed by atoms with Gasteiger partial charge in [0.15, 0.2) is 12.6 Å². The minimum Gasteiger partial charge on any atom is -0.481 e. The number of aliphatic carboxylic acids is 1. The van der Waals surface area contributed by atoms with Crippen LogP contribution in [0.25, 0.3) is 0 Å². The van der Waals surface area contributed by atoms with Crippen molar-refractivity contribution in [1.82, 2.24) is 0 Å². The van der Waals surface area contributed by atoms with Crippen molar-refractivity contribution in [3.63, 3.8) is 0 Å². The Hall–Kier alpha value is -2.07. The van der Waals surface area contributed by atoms with Crippen LogP contribution in [0.4, 0.5) is 0 Å². The SMILES string of the molecule is CC(=O)CC1C(O)CC(OC=O)(OC2C(O)C(CO)OC(OC3(O)C(CO)OC(OCCCCCC(=O)O)C(O)C3O)C2O)OC1[C@H](O)[C@H](O)CO. The molecule has 0 radical (unpaired) electrons. The maximum absolute atomic E-state index is 12.0. The molecule has 3 aliphatic rings. The molecule has 3 aliphatic heterocycles. The van der Waals surface area contributed by atoms with E-state index in [1.807, 2.05) is 0 Å². The second kappa shape index (κ2) is 19.5. The zero-order chi connectivity index (χ0) is 39.0. The Kier molecular flexibility index (Phi) is 16.6. The molecule has 302 valence electrons. The van der Waals surface area contributed by atoms with Crippen LogP contribution in [-0.4, -0.2) is 197 Å². The maximum Gasteiger partial charge on any atom is 0.332 e. The highest BCUT2D eigenvalue weighted by molar-refractivity contribution is 5.75. The number of aliphatic hydroxyl groups excluding tert-OH is 10. The monoisotopic (exact) mass is 762 g/mol. The summed E-state index contributed by atoms with van der Waals surface area (Å²) in [5.41, 5.74) is 0. The molecule has 22 nitrogen and oxygen atoms in total. The smallest absolute Gasteiger partial charge is 0.332 e. The van der Waals surface area contributed by atoms with Crippen LogP contribution < -0.4 is 0 Å². The van der Waals surface area contributed by atoms with Gasteiger partial charge in [-0.1, -0.05) is 6.42 Å². The first-order valence-electron chi connectivity index (χ1n) is 16.6. The summed E-state index contributed by atoms with van der Waals surface area (Å²) in [6.07, 6.45) is -26.0. The highest BCUT2D eigenvalue weighted by Crippen LogP contribution is 2.42. The minimum atomic E-state index is -3.10. The predicted octanol–water partition coefficient (Wildman–Crippen LogP) is -6.10. The predicted molar refractivity (Wildman–Crippen MR) is 162 cm³/mol. The zero-order valence-electron chi connectivity index (χ0n) is 28.2. The fourth-order valence-corrected chi connectivity index (χ4v) is 6.28. The topological polar surface area (TPSA) is 359 Å². The lowest BCUT2D eigenvalue weighted by atomic mass is 9.82. The number of ketones is 1. The van der Waals surface area contributed by atoms with Crippen LogP contribution in [-0.2, 0) is 47.5 Å². The van der Waals surface area contributed by atoms with Gasteiger partial charge in [0.25, 0.3) is 6.47 Å². The van der Waals surface area contributed by atoms with Gasteiger partial charge in [0.05, 0.1) is 38.4 Å². The Balaban J connectivity index is 1.85. The average molecular weight is 763 g/mol. The average Bonchev–Trinajstić information content (AvgIpc) is 3.09. The molecule has 22 heteroatoms. The van der Waals surface area contributed by atoms with E-state index in [9.17, 15) is 70.6 Å². The molecular formula is C30H50O22. The molecule has 0 aromatic heterocycles. The fraction of sp³-hybridized carbons (Fsp3) is 0.900. The maximum atomic E-state index is 12.0. The molecule has 52 heavy (non-hydrogen) atoms. The highest BCUT2D eigenvalue weighted by atomic mass is 16.9. The van der Waals surface area contributed by atoms with E-state index in [1.165, 1.54) is 0 Å². The number of hydrogen-bond donors (Lipinski definition) is 12. The normalized spacial score (nSPS) is 40.8. The summed E-state index contributed by atoms with van der Waals surface area (Å²) in [5.74, 6) is -8.64. The first-order valence-corrected chi connectivity index (χ1v) is 16.6. The van der Waals surface area contributed by atoms with Gasteiger partial charge in [-0.05, 0) is 19.8 Å². The van der Waals surface area contributed by atoms with Crippen molar-refractivity contribution in [2.24, 2.45) is 5.92 Å². The number of unbranched alkanes of at least 4 members (excludes halogenated alkanes) is 2. The van der Waals surface area contributed by atoms with E-state index >= 15 is 0 Å². The van der Waals surface area contributed by atoms with Crippen LogP contribution in [0.2, 0.25) is 0 Å². The van der Waals surface area contributed by atoms with Crippen LogP contribution in [0.3, 0.4) is 0 Å². The van der Waals surface area contributed by atoms with Crippen LogP contribution >= 0.6 is 0 Å². The molecular weight excluding hydrogens is 712 g/mol. The van der Waals surface area contributed by atoms with Crippen LogP contribution in [0.1, 0.15) is 45.4 Å². The number of Topliss-reactive ketones (excluding diaryl/α,β-unsaturated/α-hetero) is 1. The summed E-state index contributed by atoms with van der Waals surface area (Å²) >= 11 is 0. The molecule has 0 amide bonds. The lowest BCUT2D eigenvalue weighted by molar-refractivity contribution is -0.465. The van der Waals surface area contributed by atoms with E-state index in [4.69, 9.17) is 38.3 Å². The Morgan fingerprint density at radius 1 is 0.923 bits per heavy atom. The van der Waals surface area contributed by atoms with Crippen molar-refractivity contribution in [1.29, 1.82) is 0 Å². The third-order valence-electron chi connectivity index (χ3n) is 9.07. The molecule has 3 heterocycles. The quantitative estimate of drug-likeness (QED) is 0.0312. The summed E-state index contributed by atoms with van der Waals surface area (Å²) in [4.78, 5) is 34.3. The number of aliphatic hydroxyl groups is 11. The molecule has 12 N–H and O–H groups in total. The number of carbonyl (C=O) groups excluding carboxylic acids is 2. The zero-order valence-corrected chi connectivity index (χ0v) is 28.2. The molecule has 3 saturated heterocycles. The molecule has 16 atom stereocenters. The first-order chi connectivity index (χ1) is 24.5. The number of carbonyl (C=O) groups is 3. The molecule has 0 spiro atoms. The second-order valence-electron chi connectivity index (χ2n) is 12.9. The number of rotatable bonds is 20. The lowest BCUT2D eigenvalue weighted by Gasteiger charge is -2.52. The molecule has 3 fully saturated rings. The number of hydrogen-bond acceptors (Lipinski definition) is 21. The first kappa shape index (κ1) is 44.3. The van der Waals surface area contributed by atoms with Crippen LogP contribution in [0.5, 0.6) is 0 Å². The standard InChI is InChI=1S/C30H50O22/c1-13(35)7-14-15(36)8-29(47-12-34,50-24(14)20(40)16(37)9-31)51-25-21(41)17(10-32)48-28(22(25)42)52-30(45)18(11-33)49-27(23(43)26(30)44)46-6-4-2-3-5-19(38)39/h12,14-18,20-28,31-33,36-37,40-45H,2-11H2,1H3,(H,38,39)/t14?,15?,16-,17?,18?,20-,21?,22?,23?,24?,25?,26?,27?,28?,29?,30?/m1/s1. The molecule has 0 saturated carbocycles. The van der Waals surface area contributed by atoms with Crippen molar-refractivity contribution < 1.29 is 109 Å². The fourth-order valence-electron chi connectivity index (χ4n) is 6.28. The van der Waals surface area contributed by atoms with E-state index < -0.39 is 142 Å². The third kappa shape index (κ3) is 10.4. The van der Waals surface area contributed by atoms with Gasteiger partial charge in [0.2, 0.25) is 5.79 Å². The number of ether oxygens (including phenoxy) is 7. The Labute approximate surface area is 296 Å². The van der Waals surface area contributed by atoms with E-state index in [0.717, 1.165) is 6.92 Å². The summed E-state index contributed by atoms with van der Waals surface area (Å²) in [7, 11) is 0. The van der Waals surface area contributed by atoms with Crippen molar-refractivity contribution in [2.45, 2.75) is 137 Å². The molecule has 0 aromatic rings. The van der Waals surface area contributed by atoms with E-state index in [0.29, 0.717) is 19.3 Å². The Morgan fingerprint density at radius 3 is 2.19 bits per heavy atom. The molecule has 0 aliphatic carbocycles. The van der Waals surface area contributed by atoms with Crippen molar-refractivity contribution >= 4 is 18.2 Å². The van der Waals surface area contributed by atoms with Crippen molar-refractivity contribution in [3.8, 4) is 0 Å². The van der Waals surface area contributed by atoms with Gasteiger partial charge in [0.1, 0.15) is 60.7 Å². The van der Waals surface area contributed by atoms with Crippen molar-refractivity contribution in [3.05, 3.63) is 0 Å². The van der Waals surface area contributed by atoms with Gasteiger partial charge in [0, 0.05) is 25.4 Å². The van der Waals surface area contributed by atoms with E-state index in [-0.39, 0.29) is 19.5 Å². The number of carboxylic acids is 1. The lowest BCUT2D eigenvalue weighted by Crippen LogP contribution is -2.72. The summed E-state index contributed by atoms with van der Waals surface area (Å²) < 4.78 is 38.1. The van der Waals surface area contributed by atoms with Gasteiger partial charge in [-0.25, -0.2) is 0 Å². The van der Waals surface area contributed by atoms with E-state index in [2.05, 4.69) is 0 Å². The van der Waals surface area contributed by atoms with Gasteiger partial charge >= 0.3 is 11.9 Å². The highest BCUT2D eigenvalue weighted by Gasteiger charge is 2.61. The van der Waals surface area contributed by atoms with Crippen LogP contribution in [0.15, 0.2) is 0 Å². The second-order valence-corrected chi connectivity index (χ2v) is 12.9. The van der Waals surface area contributed by atoms with Gasteiger partial charge in [-0.3, -0.25) is 9.59 Å². The molecule has 0 aromatic carbocycles. The summed E-state index contributed by atoms with van der Waals surface area (Å²) in [6, 6.07) is 0. The Bertz CT molecular complexity index is 1140. The molecule has 14 unspecified atom stereocenters. The molecule has 3 rings (SSSR count).